The molecular weight excluding hydrogens is 409 g/mol. The molecule has 1 aliphatic rings. The largest absolute Gasteiger partial charge is 0.496 e. The van der Waals surface area contributed by atoms with E-state index in [4.69, 9.17) is 4.74 Å². The number of nitrogens with one attached hydrogen (secondary N) is 1. The number of methoxy groups -OCH3 is 1. The highest BCUT2D eigenvalue weighted by Crippen LogP contribution is 2.31. The first kappa shape index (κ1) is 20.9. The van der Waals surface area contributed by atoms with Crippen LogP contribution in [0, 0.1) is 6.92 Å². The second-order valence-corrected chi connectivity index (χ2v) is 7.29. The number of hydrogen-bond acceptors (Lipinski definition) is 5. The maximum Gasteiger partial charge on any atom is 0.434 e. The number of amides is 3. The lowest BCUT2D eigenvalue weighted by atomic mass is 10.1. The third-order valence-electron chi connectivity index (χ3n) is 4.52. The summed E-state index contributed by atoms with van der Waals surface area (Å²) in [7, 11) is 1.54. The van der Waals surface area contributed by atoms with Crippen LogP contribution in [-0.4, -0.2) is 60.0 Å². The Morgan fingerprint density at radius 2 is 1.83 bits per heavy atom. The number of halogens is 3. The van der Waals surface area contributed by atoms with Crippen molar-refractivity contribution in [2.24, 2.45) is 0 Å². The van der Waals surface area contributed by atoms with Crippen molar-refractivity contribution in [1.82, 2.24) is 14.8 Å². The van der Waals surface area contributed by atoms with Crippen LogP contribution in [0.4, 0.5) is 23.1 Å². The predicted octanol–water partition coefficient (Wildman–Crippen LogP) is 3.47. The van der Waals surface area contributed by atoms with Crippen LogP contribution in [0.2, 0.25) is 0 Å². The molecule has 7 nitrogen and oxygen atoms in total. The van der Waals surface area contributed by atoms with Crippen LogP contribution >= 0.6 is 11.3 Å². The molecule has 0 unspecified atom stereocenters. The molecule has 1 aromatic heterocycles. The van der Waals surface area contributed by atoms with E-state index in [9.17, 15) is 22.8 Å². The summed E-state index contributed by atoms with van der Waals surface area (Å²) in [4.78, 5) is 31.4. The lowest BCUT2D eigenvalue weighted by molar-refractivity contribution is -0.140. The molecule has 156 valence electrons. The minimum absolute atomic E-state index is 0.118. The van der Waals surface area contributed by atoms with Crippen molar-refractivity contribution in [1.29, 1.82) is 0 Å². The van der Waals surface area contributed by atoms with Crippen molar-refractivity contribution in [2.75, 3.05) is 38.6 Å². The van der Waals surface area contributed by atoms with Gasteiger partial charge in [-0.05, 0) is 24.6 Å². The van der Waals surface area contributed by atoms with E-state index in [1.807, 2.05) is 6.92 Å². The van der Waals surface area contributed by atoms with Gasteiger partial charge in [-0.2, -0.15) is 13.2 Å². The molecule has 0 radical (unpaired) electrons. The zero-order valence-electron chi connectivity index (χ0n) is 15.7. The Labute approximate surface area is 169 Å². The van der Waals surface area contributed by atoms with E-state index in [2.05, 4.69) is 10.3 Å². The van der Waals surface area contributed by atoms with Crippen molar-refractivity contribution in [2.45, 2.75) is 13.1 Å². The molecule has 1 N–H and O–H groups in total. The quantitative estimate of drug-likeness (QED) is 0.813. The van der Waals surface area contributed by atoms with Crippen LogP contribution < -0.4 is 10.1 Å². The molecule has 0 aliphatic carbocycles. The van der Waals surface area contributed by atoms with Gasteiger partial charge in [0.15, 0.2) is 10.8 Å². The Balaban J connectivity index is 1.56. The van der Waals surface area contributed by atoms with Gasteiger partial charge in [0.05, 0.1) is 7.11 Å². The van der Waals surface area contributed by atoms with E-state index < -0.39 is 17.9 Å². The zero-order valence-corrected chi connectivity index (χ0v) is 16.6. The van der Waals surface area contributed by atoms with Crippen molar-refractivity contribution in [3.8, 4) is 5.75 Å². The summed E-state index contributed by atoms with van der Waals surface area (Å²) < 4.78 is 43.0. The molecule has 0 atom stereocenters. The monoisotopic (exact) mass is 428 g/mol. The number of aryl methyl sites for hydroxylation is 1. The van der Waals surface area contributed by atoms with Gasteiger partial charge in [0.1, 0.15) is 5.75 Å². The highest BCUT2D eigenvalue weighted by molar-refractivity contribution is 7.13. The Morgan fingerprint density at radius 1 is 1.17 bits per heavy atom. The van der Waals surface area contributed by atoms with E-state index in [1.165, 1.54) is 12.0 Å². The van der Waals surface area contributed by atoms with E-state index in [-0.39, 0.29) is 24.1 Å². The number of alkyl halides is 3. The number of anilines is 1. The first-order chi connectivity index (χ1) is 13.7. The number of thiazole rings is 1. The summed E-state index contributed by atoms with van der Waals surface area (Å²) in [5.41, 5.74) is 0.371. The first-order valence-corrected chi connectivity index (χ1v) is 9.59. The van der Waals surface area contributed by atoms with Gasteiger partial charge in [-0.3, -0.25) is 10.1 Å². The number of urea groups is 1. The number of hydrogen-bond donors (Lipinski definition) is 1. The molecule has 0 saturated carbocycles. The summed E-state index contributed by atoms with van der Waals surface area (Å²) >= 11 is 0.710. The number of rotatable bonds is 3. The lowest BCUT2D eigenvalue weighted by Crippen LogP contribution is -2.51. The number of carbonyl (C=O) groups is 2. The summed E-state index contributed by atoms with van der Waals surface area (Å²) in [6.07, 6.45) is -4.55. The molecule has 1 saturated heterocycles. The number of aromatic nitrogens is 1. The van der Waals surface area contributed by atoms with Gasteiger partial charge in [-0.15, -0.1) is 11.3 Å². The van der Waals surface area contributed by atoms with Crippen molar-refractivity contribution >= 4 is 28.4 Å². The fourth-order valence-electron chi connectivity index (χ4n) is 2.88. The van der Waals surface area contributed by atoms with E-state index in [0.29, 0.717) is 35.7 Å². The second kappa shape index (κ2) is 8.27. The van der Waals surface area contributed by atoms with Crippen LogP contribution in [0.5, 0.6) is 5.75 Å². The van der Waals surface area contributed by atoms with Crippen molar-refractivity contribution < 1.29 is 27.5 Å². The molecule has 2 aromatic rings. The summed E-state index contributed by atoms with van der Waals surface area (Å²) in [6.45, 7) is 3.03. The first-order valence-electron chi connectivity index (χ1n) is 8.71. The van der Waals surface area contributed by atoms with Gasteiger partial charge in [0.2, 0.25) is 0 Å². The number of ether oxygens (including phenoxy) is 1. The molecule has 3 amide bonds. The molecule has 2 heterocycles. The van der Waals surface area contributed by atoms with Gasteiger partial charge >= 0.3 is 12.2 Å². The third-order valence-corrected chi connectivity index (χ3v) is 5.28. The topological polar surface area (TPSA) is 74.8 Å². The maximum absolute atomic E-state index is 12.7. The molecule has 1 aromatic carbocycles. The SMILES string of the molecule is COc1cc(C(=O)N2CCN(C(=O)Nc3nc(C(F)(F)F)cs3)CC2)ccc1C. The normalized spacial score (nSPS) is 14.7. The minimum atomic E-state index is -4.55. The Hall–Kier alpha value is -2.82. The molecule has 1 aliphatic heterocycles. The third kappa shape index (κ3) is 4.78. The highest BCUT2D eigenvalue weighted by Gasteiger charge is 2.34. The van der Waals surface area contributed by atoms with Gasteiger partial charge in [0.25, 0.3) is 5.91 Å². The lowest BCUT2D eigenvalue weighted by Gasteiger charge is -2.34. The van der Waals surface area contributed by atoms with Crippen LogP contribution in [0.25, 0.3) is 0 Å². The fourth-order valence-corrected chi connectivity index (χ4v) is 3.59. The van der Waals surface area contributed by atoms with Gasteiger partial charge in [-0.25, -0.2) is 9.78 Å². The van der Waals surface area contributed by atoms with Crippen LogP contribution in [0.3, 0.4) is 0 Å². The average molecular weight is 428 g/mol. The maximum atomic E-state index is 12.7. The summed E-state index contributed by atoms with van der Waals surface area (Å²) in [5, 5.41) is 3.11. The molecule has 11 heteroatoms. The average Bonchev–Trinajstić information content (AvgIpc) is 3.17. The zero-order chi connectivity index (χ0) is 21.2. The van der Waals surface area contributed by atoms with Crippen LogP contribution in [-0.2, 0) is 6.18 Å². The van der Waals surface area contributed by atoms with E-state index in [0.717, 1.165) is 10.9 Å². The molecule has 29 heavy (non-hydrogen) atoms. The van der Waals surface area contributed by atoms with E-state index >= 15 is 0 Å². The number of piperazine rings is 1. The molecule has 0 spiro atoms. The summed E-state index contributed by atoms with van der Waals surface area (Å²) in [5.74, 6) is 0.452. The number of benzene rings is 1. The van der Waals surface area contributed by atoms with Gasteiger partial charge in [-0.1, -0.05) is 6.07 Å². The smallest absolute Gasteiger partial charge is 0.434 e. The second-order valence-electron chi connectivity index (χ2n) is 6.43. The molecular formula is C18H19F3N4O3S. The molecule has 1 fully saturated rings. The Bertz CT molecular complexity index is 908. The number of nitrogens with zero attached hydrogens (tertiary/aromatic N) is 3. The minimum Gasteiger partial charge on any atom is -0.496 e. The van der Waals surface area contributed by atoms with E-state index in [1.54, 1.807) is 23.1 Å². The van der Waals surface area contributed by atoms with Crippen LogP contribution in [0.1, 0.15) is 21.6 Å². The molecule has 0 bridgehead atoms. The van der Waals surface area contributed by atoms with Crippen molar-refractivity contribution in [3.63, 3.8) is 0 Å². The standard InChI is InChI=1S/C18H19F3N4O3S/c1-11-3-4-12(9-13(11)28-2)15(26)24-5-7-25(8-6-24)17(27)23-16-22-14(10-29-16)18(19,20)21/h3-4,9-10H,5-8H2,1-2H3,(H,22,23,27). The Morgan fingerprint density at radius 3 is 2.41 bits per heavy atom. The number of carbonyl (C=O) groups excluding carboxylic acids is 2. The van der Waals surface area contributed by atoms with Gasteiger partial charge < -0.3 is 14.5 Å². The van der Waals surface area contributed by atoms with Crippen LogP contribution in [0.15, 0.2) is 23.6 Å². The predicted molar refractivity (Wildman–Crippen MR) is 101 cm³/mol. The van der Waals surface area contributed by atoms with Crippen molar-refractivity contribution in [3.05, 3.63) is 40.4 Å². The fraction of sp³-hybridized carbons (Fsp3) is 0.389. The van der Waals surface area contributed by atoms with Gasteiger partial charge in [0, 0.05) is 37.1 Å². The Kier molecular flexibility index (Phi) is 5.96. The summed E-state index contributed by atoms with van der Waals surface area (Å²) in [6, 6.07) is 4.66. The highest BCUT2D eigenvalue weighted by atomic mass is 32.1. The molecule has 3 rings (SSSR count).